The van der Waals surface area contributed by atoms with E-state index in [1.54, 1.807) is 0 Å². The maximum Gasteiger partial charge on any atom is 0.334 e. The van der Waals surface area contributed by atoms with Gasteiger partial charge in [-0.2, -0.15) is 0 Å². The summed E-state index contributed by atoms with van der Waals surface area (Å²) < 4.78 is 0. The molecule has 0 heterocycles. The number of thioether (sulfide) groups is 1. The number of carbonyl (C=O) groups is 2. The molecule has 0 aliphatic carbocycles. The van der Waals surface area contributed by atoms with Gasteiger partial charge in [0.2, 0.25) is 0 Å². The maximum absolute atomic E-state index is 10.9. The molecule has 0 aliphatic heterocycles. The van der Waals surface area contributed by atoms with Gasteiger partial charge in [0.15, 0.2) is 4.87 Å². The number of hydrogen-bond acceptors (Lipinski definition) is 4. The Labute approximate surface area is 92.8 Å². The predicted molar refractivity (Wildman–Crippen MR) is 59.5 cm³/mol. The van der Waals surface area contributed by atoms with Crippen molar-refractivity contribution in [1.29, 1.82) is 0 Å². The summed E-state index contributed by atoms with van der Waals surface area (Å²) in [6.45, 7) is 2.18. The first-order valence-electron chi connectivity index (χ1n) is 4.62. The van der Waals surface area contributed by atoms with Crippen LogP contribution < -0.4 is 16.8 Å². The van der Waals surface area contributed by atoms with E-state index >= 15 is 0 Å². The van der Waals surface area contributed by atoms with Gasteiger partial charge in [0.1, 0.15) is 0 Å². The lowest BCUT2D eigenvalue weighted by atomic mass is 10.1. The fourth-order valence-corrected chi connectivity index (χ4v) is 1.99. The SMILES string of the molecule is CCSC(N)(CCCNC(N)=O)C(=O)O. The molecule has 1 atom stereocenters. The van der Waals surface area contributed by atoms with Crippen molar-refractivity contribution in [3.63, 3.8) is 0 Å². The summed E-state index contributed by atoms with van der Waals surface area (Å²) in [5.41, 5.74) is 10.5. The number of carboxylic acid groups (broad SMARTS) is 1. The summed E-state index contributed by atoms with van der Waals surface area (Å²) in [7, 11) is 0. The van der Waals surface area contributed by atoms with E-state index in [1.165, 1.54) is 11.8 Å². The first-order valence-corrected chi connectivity index (χ1v) is 5.60. The lowest BCUT2D eigenvalue weighted by molar-refractivity contribution is -0.140. The van der Waals surface area contributed by atoms with Crippen molar-refractivity contribution >= 4 is 23.8 Å². The van der Waals surface area contributed by atoms with Crippen LogP contribution in [-0.2, 0) is 4.79 Å². The highest BCUT2D eigenvalue weighted by Crippen LogP contribution is 2.24. The minimum Gasteiger partial charge on any atom is -0.479 e. The number of rotatable bonds is 7. The molecular weight excluding hydrogens is 218 g/mol. The highest BCUT2D eigenvalue weighted by molar-refractivity contribution is 8.01. The van der Waals surface area contributed by atoms with Crippen molar-refractivity contribution in [2.45, 2.75) is 24.6 Å². The number of primary amides is 1. The van der Waals surface area contributed by atoms with Gasteiger partial charge in [0, 0.05) is 6.54 Å². The van der Waals surface area contributed by atoms with Crippen LogP contribution in [0.4, 0.5) is 4.79 Å². The second-order valence-electron chi connectivity index (χ2n) is 3.02. The van der Waals surface area contributed by atoms with Gasteiger partial charge in [-0.15, -0.1) is 11.8 Å². The molecule has 2 amide bonds. The predicted octanol–water partition coefficient (Wildman–Crippen LogP) is -0.0724. The minimum absolute atomic E-state index is 0.293. The van der Waals surface area contributed by atoms with Gasteiger partial charge in [0.05, 0.1) is 0 Å². The molecule has 15 heavy (non-hydrogen) atoms. The molecule has 6 nitrogen and oxygen atoms in total. The Morgan fingerprint density at radius 3 is 2.53 bits per heavy atom. The van der Waals surface area contributed by atoms with Gasteiger partial charge >= 0.3 is 12.0 Å². The van der Waals surface area contributed by atoms with Gasteiger partial charge < -0.3 is 21.9 Å². The zero-order chi connectivity index (χ0) is 11.9. The van der Waals surface area contributed by atoms with E-state index in [-0.39, 0.29) is 0 Å². The average molecular weight is 235 g/mol. The molecule has 0 aliphatic rings. The largest absolute Gasteiger partial charge is 0.479 e. The molecule has 6 N–H and O–H groups in total. The summed E-state index contributed by atoms with van der Waals surface area (Å²) in [5.74, 6) is -0.403. The summed E-state index contributed by atoms with van der Waals surface area (Å²) in [6.07, 6.45) is 0.778. The molecule has 0 fully saturated rings. The number of amides is 2. The molecule has 7 heteroatoms. The number of carbonyl (C=O) groups excluding carboxylic acids is 1. The fraction of sp³-hybridized carbons (Fsp3) is 0.750. The van der Waals surface area contributed by atoms with Crippen LogP contribution in [-0.4, -0.2) is 34.3 Å². The molecule has 0 aromatic carbocycles. The molecule has 0 aromatic rings. The number of hydrogen-bond donors (Lipinski definition) is 4. The molecular formula is C8H17N3O3S. The van der Waals surface area contributed by atoms with E-state index in [2.05, 4.69) is 5.32 Å². The molecule has 0 saturated carbocycles. The van der Waals surface area contributed by atoms with E-state index in [9.17, 15) is 9.59 Å². The van der Waals surface area contributed by atoms with Gasteiger partial charge in [0.25, 0.3) is 0 Å². The molecule has 0 aromatic heterocycles. The van der Waals surface area contributed by atoms with Crippen molar-refractivity contribution in [2.75, 3.05) is 12.3 Å². The van der Waals surface area contributed by atoms with Crippen LogP contribution in [0, 0.1) is 0 Å². The minimum atomic E-state index is -1.27. The molecule has 1 unspecified atom stereocenters. The lowest BCUT2D eigenvalue weighted by Crippen LogP contribution is -2.45. The van der Waals surface area contributed by atoms with Crippen LogP contribution in [0.2, 0.25) is 0 Å². The van der Waals surface area contributed by atoms with Crippen molar-refractivity contribution in [2.24, 2.45) is 11.5 Å². The highest BCUT2D eigenvalue weighted by Gasteiger charge is 2.33. The second-order valence-corrected chi connectivity index (χ2v) is 4.62. The van der Waals surface area contributed by atoms with Crippen LogP contribution in [0.5, 0.6) is 0 Å². The number of carboxylic acids is 1. The summed E-state index contributed by atoms with van der Waals surface area (Å²) in [5, 5.41) is 11.3. The third-order valence-corrected chi connectivity index (χ3v) is 2.97. The van der Waals surface area contributed by atoms with Gasteiger partial charge in [-0.25, -0.2) is 9.59 Å². The number of aliphatic carboxylic acids is 1. The normalized spacial score (nSPS) is 14.3. The average Bonchev–Trinajstić information content (AvgIpc) is 2.12. The quantitative estimate of drug-likeness (QED) is 0.364. The number of urea groups is 1. The van der Waals surface area contributed by atoms with E-state index in [0.717, 1.165) is 0 Å². The smallest absolute Gasteiger partial charge is 0.334 e. The molecule has 0 rings (SSSR count). The van der Waals surface area contributed by atoms with Crippen LogP contribution >= 0.6 is 11.8 Å². The standard InChI is InChI=1S/C8H17N3O3S/c1-2-15-8(10,6(12)13)4-3-5-11-7(9)14/h2-5,10H2,1H3,(H,12,13)(H3,9,11,14). The topological polar surface area (TPSA) is 118 Å². The summed E-state index contributed by atoms with van der Waals surface area (Å²) >= 11 is 1.18. The lowest BCUT2D eigenvalue weighted by Gasteiger charge is -2.23. The monoisotopic (exact) mass is 235 g/mol. The third-order valence-electron chi connectivity index (χ3n) is 1.79. The zero-order valence-electron chi connectivity index (χ0n) is 8.66. The first-order chi connectivity index (χ1) is 6.92. The molecule has 0 spiro atoms. The molecule has 0 saturated heterocycles. The van der Waals surface area contributed by atoms with Crippen LogP contribution in [0.25, 0.3) is 0 Å². The van der Waals surface area contributed by atoms with E-state index < -0.39 is 16.9 Å². The van der Waals surface area contributed by atoms with E-state index in [0.29, 0.717) is 25.1 Å². The molecule has 88 valence electrons. The van der Waals surface area contributed by atoms with Crippen LogP contribution in [0.15, 0.2) is 0 Å². The first kappa shape index (κ1) is 14.1. The van der Waals surface area contributed by atoms with Crippen LogP contribution in [0.1, 0.15) is 19.8 Å². The molecule has 0 radical (unpaired) electrons. The van der Waals surface area contributed by atoms with Crippen LogP contribution in [0.3, 0.4) is 0 Å². The fourth-order valence-electron chi connectivity index (χ4n) is 1.06. The number of nitrogens with two attached hydrogens (primary N) is 2. The summed E-state index contributed by atoms with van der Waals surface area (Å²) in [4.78, 5) is 20.0. The van der Waals surface area contributed by atoms with Crippen molar-refractivity contribution in [3.05, 3.63) is 0 Å². The van der Waals surface area contributed by atoms with Gasteiger partial charge in [-0.3, -0.25) is 0 Å². The van der Waals surface area contributed by atoms with Crippen molar-refractivity contribution in [3.8, 4) is 0 Å². The Morgan fingerprint density at radius 1 is 1.53 bits per heavy atom. The van der Waals surface area contributed by atoms with Crippen molar-refractivity contribution in [1.82, 2.24) is 5.32 Å². The zero-order valence-corrected chi connectivity index (χ0v) is 9.47. The van der Waals surface area contributed by atoms with Crippen molar-refractivity contribution < 1.29 is 14.7 Å². The summed E-state index contributed by atoms with van der Waals surface area (Å²) in [6, 6.07) is -0.615. The maximum atomic E-state index is 10.9. The molecule has 0 bridgehead atoms. The Hall–Kier alpha value is -0.950. The third kappa shape index (κ3) is 5.48. The number of nitrogens with one attached hydrogen (secondary N) is 1. The Morgan fingerprint density at radius 2 is 2.13 bits per heavy atom. The van der Waals surface area contributed by atoms with E-state index in [1.807, 2.05) is 6.92 Å². The Kier molecular flexibility index (Phi) is 6.11. The highest BCUT2D eigenvalue weighted by atomic mass is 32.2. The van der Waals surface area contributed by atoms with Gasteiger partial charge in [-0.1, -0.05) is 6.92 Å². The Bertz CT molecular complexity index is 237. The second kappa shape index (κ2) is 6.52. The Balaban J connectivity index is 3.97. The van der Waals surface area contributed by atoms with Gasteiger partial charge in [-0.05, 0) is 18.6 Å². The van der Waals surface area contributed by atoms with E-state index in [4.69, 9.17) is 16.6 Å².